The number of ether oxygens (including phenoxy) is 1. The highest BCUT2D eigenvalue weighted by Crippen LogP contribution is 2.31. The van der Waals surface area contributed by atoms with Crippen LogP contribution in [0.25, 0.3) is 11.4 Å². The molecule has 0 amide bonds. The first-order chi connectivity index (χ1) is 15.9. The van der Waals surface area contributed by atoms with Gasteiger partial charge in [-0.3, -0.25) is 9.29 Å². The van der Waals surface area contributed by atoms with Gasteiger partial charge in [-0.25, -0.2) is 13.4 Å². The van der Waals surface area contributed by atoms with Gasteiger partial charge < -0.3 is 15.2 Å². The average Bonchev–Trinajstić information content (AvgIpc) is 3.32. The number of methoxy groups -OCH3 is 1. The molecular weight excluding hydrogens is 460 g/mol. The number of hydrogen-bond acceptors (Lipinski definition) is 8. The fourth-order valence-electron chi connectivity index (χ4n) is 3.17. The van der Waals surface area contributed by atoms with E-state index in [1.807, 2.05) is 23.6 Å². The first-order valence-corrected chi connectivity index (χ1v) is 12.3. The van der Waals surface area contributed by atoms with Crippen LogP contribution in [0.3, 0.4) is 0 Å². The molecule has 0 aliphatic carbocycles. The summed E-state index contributed by atoms with van der Waals surface area (Å²) in [6, 6.07) is 18.5. The maximum atomic E-state index is 13.1. The third kappa shape index (κ3) is 4.82. The molecule has 170 valence electrons. The van der Waals surface area contributed by atoms with Crippen molar-refractivity contribution in [1.29, 1.82) is 0 Å². The summed E-state index contributed by atoms with van der Waals surface area (Å²) in [4.78, 5) is 8.81. The number of para-hydroxylation sites is 2. The number of rotatable bonds is 8. The fraction of sp³-hybridized carbons (Fsp3) is 0.130. The molecule has 33 heavy (non-hydrogen) atoms. The van der Waals surface area contributed by atoms with Crippen molar-refractivity contribution in [3.63, 3.8) is 0 Å². The molecule has 2 N–H and O–H groups in total. The molecule has 2 aromatic carbocycles. The van der Waals surface area contributed by atoms with E-state index in [1.54, 1.807) is 42.6 Å². The monoisotopic (exact) mass is 482 g/mol. The molecule has 1 unspecified atom stereocenters. The van der Waals surface area contributed by atoms with Gasteiger partial charge in [-0.15, -0.1) is 11.3 Å². The summed E-state index contributed by atoms with van der Waals surface area (Å²) in [6.07, 6.45) is 0.633. The molecule has 0 saturated heterocycles. The van der Waals surface area contributed by atoms with Crippen LogP contribution in [0.4, 0.5) is 10.8 Å². The minimum Gasteiger partial charge on any atom is -0.495 e. The molecule has 0 aliphatic heterocycles. The Morgan fingerprint density at radius 3 is 2.45 bits per heavy atom. The quantitative estimate of drug-likeness (QED) is 0.364. The number of benzene rings is 2. The van der Waals surface area contributed by atoms with Crippen LogP contribution in [0.2, 0.25) is 0 Å². The Morgan fingerprint density at radius 2 is 1.76 bits per heavy atom. The van der Waals surface area contributed by atoms with E-state index < -0.39 is 16.3 Å². The number of thiazole rings is 1. The second-order valence-corrected chi connectivity index (χ2v) is 9.84. The van der Waals surface area contributed by atoms with Crippen molar-refractivity contribution in [3.8, 4) is 17.1 Å². The molecule has 10 heteroatoms. The number of anilines is 2. The van der Waals surface area contributed by atoms with Gasteiger partial charge in [0.15, 0.2) is 11.4 Å². The first kappa shape index (κ1) is 22.7. The van der Waals surface area contributed by atoms with Crippen molar-refractivity contribution in [2.75, 3.05) is 23.8 Å². The summed E-state index contributed by atoms with van der Waals surface area (Å²) in [5.41, 5.74) is 2.38. The number of aliphatic hydroxyl groups is 1. The Morgan fingerprint density at radius 1 is 1.03 bits per heavy atom. The molecule has 4 rings (SSSR count). The second kappa shape index (κ2) is 9.57. The zero-order chi connectivity index (χ0) is 23.4. The highest BCUT2D eigenvalue weighted by Gasteiger charge is 2.24. The first-order valence-electron chi connectivity index (χ1n) is 9.93. The zero-order valence-corrected chi connectivity index (χ0v) is 19.5. The molecule has 0 radical (unpaired) electrons. The van der Waals surface area contributed by atoms with Gasteiger partial charge in [0.25, 0.3) is 10.0 Å². The lowest BCUT2D eigenvalue weighted by atomic mass is 10.2. The van der Waals surface area contributed by atoms with E-state index in [1.165, 1.54) is 41.9 Å². The molecule has 0 bridgehead atoms. The maximum absolute atomic E-state index is 13.1. The Bertz CT molecular complexity index is 1330. The molecule has 1 atom stereocenters. The lowest BCUT2D eigenvalue weighted by Gasteiger charge is -2.22. The van der Waals surface area contributed by atoms with Crippen LogP contribution in [-0.4, -0.2) is 37.6 Å². The van der Waals surface area contributed by atoms with Crippen molar-refractivity contribution in [3.05, 3.63) is 83.9 Å². The van der Waals surface area contributed by atoms with E-state index in [2.05, 4.69) is 15.3 Å². The van der Waals surface area contributed by atoms with Gasteiger partial charge in [-0.2, -0.15) is 0 Å². The lowest BCUT2D eigenvalue weighted by Crippen LogP contribution is -2.27. The molecule has 0 spiro atoms. The number of pyridine rings is 1. The standard InChI is InChI=1S/C23H22N4O4S2/c1-27(20-8-3-4-9-21(20)31-2)33(29,30)17-12-10-16(11-13-17)22(28)26-23-25-19(15-32-23)18-7-5-6-14-24-18/h3-15,22,28H,1-2H3,(H,25,26). The van der Waals surface area contributed by atoms with E-state index >= 15 is 0 Å². The van der Waals surface area contributed by atoms with Gasteiger partial charge in [0.2, 0.25) is 0 Å². The molecule has 4 aromatic rings. The van der Waals surface area contributed by atoms with E-state index in [0.29, 0.717) is 27.8 Å². The number of aliphatic hydroxyl groups excluding tert-OH is 1. The number of hydrogen-bond donors (Lipinski definition) is 2. The fourth-order valence-corrected chi connectivity index (χ4v) is 5.11. The van der Waals surface area contributed by atoms with Crippen molar-refractivity contribution in [1.82, 2.24) is 9.97 Å². The summed E-state index contributed by atoms with van der Waals surface area (Å²) in [6.45, 7) is 0. The highest BCUT2D eigenvalue weighted by atomic mass is 32.2. The lowest BCUT2D eigenvalue weighted by molar-refractivity contribution is 0.208. The topological polar surface area (TPSA) is 105 Å². The number of nitrogens with one attached hydrogen (secondary N) is 1. The van der Waals surface area contributed by atoms with Crippen molar-refractivity contribution in [2.45, 2.75) is 11.1 Å². The van der Waals surface area contributed by atoms with Gasteiger partial charge in [-0.05, 0) is 36.4 Å². The van der Waals surface area contributed by atoms with Crippen LogP contribution < -0.4 is 14.4 Å². The molecule has 8 nitrogen and oxygen atoms in total. The summed E-state index contributed by atoms with van der Waals surface area (Å²) in [5.74, 6) is 0.452. The molecular formula is C23H22N4O4S2. The van der Waals surface area contributed by atoms with Gasteiger partial charge in [0, 0.05) is 24.2 Å². The molecule has 0 fully saturated rings. The van der Waals surface area contributed by atoms with Crippen LogP contribution >= 0.6 is 11.3 Å². The normalized spacial score (nSPS) is 12.2. The minimum atomic E-state index is -3.82. The Hall–Kier alpha value is -3.47. The van der Waals surface area contributed by atoms with Crippen LogP contribution in [-0.2, 0) is 10.0 Å². The Labute approximate surface area is 196 Å². The summed E-state index contributed by atoms with van der Waals surface area (Å²) in [7, 11) is -0.858. The number of aromatic nitrogens is 2. The highest BCUT2D eigenvalue weighted by molar-refractivity contribution is 7.92. The van der Waals surface area contributed by atoms with Crippen LogP contribution in [0, 0.1) is 0 Å². The summed E-state index contributed by atoms with van der Waals surface area (Å²) in [5, 5.41) is 15.9. The van der Waals surface area contributed by atoms with Gasteiger partial charge >= 0.3 is 0 Å². The van der Waals surface area contributed by atoms with E-state index in [0.717, 1.165) is 5.69 Å². The molecule has 0 saturated carbocycles. The van der Waals surface area contributed by atoms with Crippen molar-refractivity contribution >= 4 is 32.2 Å². The number of nitrogens with zero attached hydrogens (tertiary/aromatic N) is 3. The van der Waals surface area contributed by atoms with Gasteiger partial charge in [0.05, 0.1) is 23.4 Å². The van der Waals surface area contributed by atoms with E-state index in [-0.39, 0.29) is 4.90 Å². The second-order valence-electron chi connectivity index (χ2n) is 7.01. The van der Waals surface area contributed by atoms with Gasteiger partial charge in [0.1, 0.15) is 11.4 Å². The van der Waals surface area contributed by atoms with Gasteiger partial charge in [-0.1, -0.05) is 30.3 Å². The van der Waals surface area contributed by atoms with Crippen LogP contribution in [0.5, 0.6) is 5.75 Å². The molecule has 2 aromatic heterocycles. The van der Waals surface area contributed by atoms with Crippen LogP contribution in [0.1, 0.15) is 11.8 Å². The Balaban J connectivity index is 1.49. The van der Waals surface area contributed by atoms with Crippen molar-refractivity contribution in [2.24, 2.45) is 0 Å². The zero-order valence-electron chi connectivity index (χ0n) is 17.9. The van der Waals surface area contributed by atoms with Crippen molar-refractivity contribution < 1.29 is 18.3 Å². The third-order valence-corrected chi connectivity index (χ3v) is 7.53. The Kier molecular flexibility index (Phi) is 6.59. The van der Waals surface area contributed by atoms with E-state index in [4.69, 9.17) is 4.74 Å². The minimum absolute atomic E-state index is 0.0959. The average molecular weight is 483 g/mol. The summed E-state index contributed by atoms with van der Waals surface area (Å²) < 4.78 is 32.6. The SMILES string of the molecule is COc1ccccc1N(C)S(=O)(=O)c1ccc(C(O)Nc2nc(-c3ccccn3)cs2)cc1. The number of sulfonamides is 1. The smallest absolute Gasteiger partial charge is 0.264 e. The van der Waals surface area contributed by atoms with Crippen LogP contribution in [0.15, 0.2) is 83.2 Å². The summed E-state index contributed by atoms with van der Waals surface area (Å²) >= 11 is 1.34. The van der Waals surface area contributed by atoms with E-state index in [9.17, 15) is 13.5 Å². The third-order valence-electron chi connectivity index (χ3n) is 4.97. The maximum Gasteiger partial charge on any atom is 0.264 e. The largest absolute Gasteiger partial charge is 0.495 e. The molecule has 2 heterocycles. The molecule has 0 aliphatic rings. The predicted octanol–water partition coefficient (Wildman–Crippen LogP) is 4.14. The predicted molar refractivity (Wildman–Crippen MR) is 129 cm³/mol.